The quantitative estimate of drug-likeness (QED) is 0.711. The lowest BCUT2D eigenvalue weighted by molar-refractivity contribution is -0.120. The summed E-state index contributed by atoms with van der Waals surface area (Å²) in [4.78, 5) is 42.0. The standard InChI is InChI=1S/C21H24N4O3/c1-13-19-15(8-4-10-17(19)26)22-20(13)21(28)24-23-18(27)12-25-11-5-7-14-6-2-3-9-16(14)25/h2-3,6,9,22H,4-5,7-8,10-12H2,1H3,(H,23,27)(H,24,28). The molecule has 0 spiro atoms. The van der Waals surface area contributed by atoms with E-state index in [1.165, 1.54) is 5.56 Å². The molecule has 146 valence electrons. The average molecular weight is 380 g/mol. The van der Waals surface area contributed by atoms with Gasteiger partial charge in [-0.05, 0) is 49.8 Å². The molecule has 3 N–H and O–H groups in total. The number of H-pyrrole nitrogens is 1. The first-order valence-corrected chi connectivity index (χ1v) is 9.71. The molecule has 0 saturated heterocycles. The molecule has 0 unspecified atom stereocenters. The number of carbonyl (C=O) groups excluding carboxylic acids is 3. The van der Waals surface area contributed by atoms with Gasteiger partial charge in [0.2, 0.25) is 0 Å². The molecule has 2 heterocycles. The third kappa shape index (κ3) is 3.40. The molecule has 0 radical (unpaired) electrons. The zero-order valence-electron chi connectivity index (χ0n) is 15.9. The van der Waals surface area contributed by atoms with Crippen LogP contribution in [0.25, 0.3) is 0 Å². The van der Waals surface area contributed by atoms with Gasteiger partial charge in [-0.1, -0.05) is 18.2 Å². The van der Waals surface area contributed by atoms with Gasteiger partial charge in [0.05, 0.1) is 6.54 Å². The maximum Gasteiger partial charge on any atom is 0.286 e. The number of hydrazine groups is 1. The van der Waals surface area contributed by atoms with Crippen LogP contribution >= 0.6 is 0 Å². The summed E-state index contributed by atoms with van der Waals surface area (Å²) < 4.78 is 0. The van der Waals surface area contributed by atoms with Crippen LogP contribution in [0, 0.1) is 6.92 Å². The van der Waals surface area contributed by atoms with E-state index in [0.29, 0.717) is 23.2 Å². The SMILES string of the molecule is Cc1c(C(=O)NNC(=O)CN2CCCc3ccccc32)[nH]c2c1C(=O)CCC2. The molecule has 1 aliphatic carbocycles. The first-order chi connectivity index (χ1) is 13.5. The topological polar surface area (TPSA) is 94.3 Å². The first kappa shape index (κ1) is 18.3. The molecule has 2 amide bonds. The van der Waals surface area contributed by atoms with Crippen molar-refractivity contribution >= 4 is 23.3 Å². The van der Waals surface area contributed by atoms with E-state index in [-0.39, 0.29) is 18.2 Å². The predicted molar refractivity (Wildman–Crippen MR) is 105 cm³/mol. The zero-order chi connectivity index (χ0) is 19.7. The van der Waals surface area contributed by atoms with Crippen molar-refractivity contribution in [1.82, 2.24) is 15.8 Å². The fourth-order valence-corrected chi connectivity index (χ4v) is 4.18. The van der Waals surface area contributed by atoms with Crippen molar-refractivity contribution in [3.63, 3.8) is 0 Å². The lowest BCUT2D eigenvalue weighted by Crippen LogP contribution is -2.47. The van der Waals surface area contributed by atoms with E-state index in [0.717, 1.165) is 43.6 Å². The Morgan fingerprint density at radius 2 is 1.93 bits per heavy atom. The summed E-state index contributed by atoms with van der Waals surface area (Å²) in [5.41, 5.74) is 9.71. The summed E-state index contributed by atoms with van der Waals surface area (Å²) in [7, 11) is 0. The summed E-state index contributed by atoms with van der Waals surface area (Å²) in [6, 6.07) is 8.07. The molecule has 0 atom stereocenters. The zero-order valence-corrected chi connectivity index (χ0v) is 15.9. The van der Waals surface area contributed by atoms with Crippen LogP contribution in [-0.2, 0) is 17.6 Å². The monoisotopic (exact) mass is 380 g/mol. The number of aromatic amines is 1. The number of aryl methyl sites for hydroxylation is 2. The predicted octanol–water partition coefficient (Wildman–Crippen LogP) is 2.06. The minimum atomic E-state index is -0.438. The Morgan fingerprint density at radius 1 is 1.11 bits per heavy atom. The molecule has 1 aromatic heterocycles. The van der Waals surface area contributed by atoms with Crippen LogP contribution in [0.15, 0.2) is 24.3 Å². The van der Waals surface area contributed by atoms with Gasteiger partial charge in [0, 0.05) is 29.9 Å². The van der Waals surface area contributed by atoms with Crippen molar-refractivity contribution in [1.29, 1.82) is 0 Å². The number of nitrogens with zero attached hydrogens (tertiary/aromatic N) is 1. The van der Waals surface area contributed by atoms with Crippen molar-refractivity contribution in [3.05, 3.63) is 52.3 Å². The van der Waals surface area contributed by atoms with Gasteiger partial charge >= 0.3 is 0 Å². The van der Waals surface area contributed by atoms with Gasteiger partial charge < -0.3 is 9.88 Å². The molecule has 0 fully saturated rings. The molecule has 1 aliphatic heterocycles. The second-order valence-electron chi connectivity index (χ2n) is 7.41. The van der Waals surface area contributed by atoms with Gasteiger partial charge in [-0.3, -0.25) is 25.2 Å². The Balaban J connectivity index is 1.38. The number of carbonyl (C=O) groups is 3. The first-order valence-electron chi connectivity index (χ1n) is 9.71. The molecule has 28 heavy (non-hydrogen) atoms. The fraction of sp³-hybridized carbons (Fsp3) is 0.381. The second kappa shape index (κ2) is 7.50. The number of aromatic nitrogens is 1. The van der Waals surface area contributed by atoms with E-state index < -0.39 is 5.91 Å². The number of rotatable bonds is 3. The number of ketones is 1. The molecule has 7 nitrogen and oxygen atoms in total. The smallest absolute Gasteiger partial charge is 0.286 e. The average Bonchev–Trinajstić information content (AvgIpc) is 3.04. The maximum atomic E-state index is 12.5. The fourth-order valence-electron chi connectivity index (χ4n) is 4.18. The van der Waals surface area contributed by atoms with Crippen molar-refractivity contribution in [2.24, 2.45) is 0 Å². The van der Waals surface area contributed by atoms with Gasteiger partial charge in [-0.15, -0.1) is 0 Å². The lowest BCUT2D eigenvalue weighted by Gasteiger charge is -2.30. The number of fused-ring (bicyclic) bond motifs is 2. The molecular formula is C21H24N4O3. The Morgan fingerprint density at radius 3 is 2.75 bits per heavy atom. The number of benzene rings is 1. The number of hydrogen-bond donors (Lipinski definition) is 3. The highest BCUT2D eigenvalue weighted by molar-refractivity contribution is 6.04. The van der Waals surface area contributed by atoms with Crippen LogP contribution in [0.5, 0.6) is 0 Å². The van der Waals surface area contributed by atoms with E-state index in [2.05, 4.69) is 21.9 Å². The summed E-state index contributed by atoms with van der Waals surface area (Å²) in [5.74, 6) is -0.649. The molecule has 4 rings (SSSR count). The number of Topliss-reactive ketones (excluding diaryl/α,β-unsaturated/α-hetero) is 1. The second-order valence-corrected chi connectivity index (χ2v) is 7.41. The minimum absolute atomic E-state index is 0.0712. The summed E-state index contributed by atoms with van der Waals surface area (Å²) >= 11 is 0. The molecular weight excluding hydrogens is 356 g/mol. The van der Waals surface area contributed by atoms with Crippen LogP contribution in [0.4, 0.5) is 5.69 Å². The Hall–Kier alpha value is -3.09. The van der Waals surface area contributed by atoms with E-state index in [4.69, 9.17) is 0 Å². The lowest BCUT2D eigenvalue weighted by atomic mass is 9.94. The molecule has 0 saturated carbocycles. The van der Waals surface area contributed by atoms with Crippen molar-refractivity contribution in [2.75, 3.05) is 18.0 Å². The molecule has 7 heteroatoms. The van der Waals surface area contributed by atoms with Gasteiger partial charge in [0.15, 0.2) is 5.78 Å². The highest BCUT2D eigenvalue weighted by Gasteiger charge is 2.26. The largest absolute Gasteiger partial charge is 0.362 e. The van der Waals surface area contributed by atoms with Crippen LogP contribution in [0.3, 0.4) is 0 Å². The number of para-hydroxylation sites is 1. The molecule has 2 aromatic rings. The third-order valence-corrected chi connectivity index (χ3v) is 5.52. The number of anilines is 1. The van der Waals surface area contributed by atoms with Crippen LogP contribution in [0.1, 0.15) is 56.9 Å². The van der Waals surface area contributed by atoms with E-state index >= 15 is 0 Å². The van der Waals surface area contributed by atoms with Crippen molar-refractivity contribution in [2.45, 2.75) is 39.0 Å². The Bertz CT molecular complexity index is 947. The molecule has 1 aromatic carbocycles. The Kier molecular flexibility index (Phi) is 4.90. The summed E-state index contributed by atoms with van der Waals surface area (Å²) in [5, 5.41) is 0. The number of nitrogens with one attached hydrogen (secondary N) is 3. The maximum absolute atomic E-state index is 12.5. The van der Waals surface area contributed by atoms with Gasteiger partial charge in [-0.25, -0.2) is 0 Å². The van der Waals surface area contributed by atoms with Crippen molar-refractivity contribution in [3.8, 4) is 0 Å². The highest BCUT2D eigenvalue weighted by atomic mass is 16.2. The van der Waals surface area contributed by atoms with Gasteiger partial charge in [0.25, 0.3) is 11.8 Å². The van der Waals surface area contributed by atoms with E-state index in [9.17, 15) is 14.4 Å². The summed E-state index contributed by atoms with van der Waals surface area (Å²) in [6.45, 7) is 2.75. The van der Waals surface area contributed by atoms with Crippen LogP contribution in [0.2, 0.25) is 0 Å². The summed E-state index contributed by atoms with van der Waals surface area (Å²) in [6.07, 6.45) is 4.08. The normalized spacial score (nSPS) is 15.6. The van der Waals surface area contributed by atoms with Crippen molar-refractivity contribution < 1.29 is 14.4 Å². The third-order valence-electron chi connectivity index (χ3n) is 5.52. The molecule has 0 bridgehead atoms. The number of hydrogen-bond acceptors (Lipinski definition) is 4. The van der Waals surface area contributed by atoms with E-state index in [1.54, 1.807) is 6.92 Å². The number of amides is 2. The Labute approximate surface area is 163 Å². The minimum Gasteiger partial charge on any atom is -0.362 e. The highest BCUT2D eigenvalue weighted by Crippen LogP contribution is 2.27. The van der Waals surface area contributed by atoms with Gasteiger partial charge in [0.1, 0.15) is 5.69 Å². The van der Waals surface area contributed by atoms with Gasteiger partial charge in [-0.2, -0.15) is 0 Å². The van der Waals surface area contributed by atoms with E-state index in [1.807, 2.05) is 23.1 Å². The molecule has 2 aliphatic rings. The van der Waals surface area contributed by atoms with Crippen LogP contribution < -0.4 is 15.8 Å². The van der Waals surface area contributed by atoms with Crippen LogP contribution in [-0.4, -0.2) is 35.7 Å².